The first kappa shape index (κ1) is 58.7. The average molecular weight is 1080 g/mol. The molecule has 0 bridgehead atoms. The van der Waals surface area contributed by atoms with Crippen LogP contribution in [0.2, 0.25) is 0 Å². The SMILES string of the molecule is C[C@H](CC[C@@]1(O)O[C@H]2C[C@H]3[C@@H]4CC[C@@H]5C[C@@H](O[C@@H]6O[C@H](CO[C@@H]7O[C@H](CO)[C@@H](O)[C@H](O)[C@H]7O)[C@@H](O)[C@H](O)[C@H]6O[C@@H]6O[C@H](CO)[C@@H](O)[C@H](O)[C@H]6O)CC[C@]5(C)[C@H]4CC[C@]3(C)[C@H]2[C@@H]1C)CO[C@@H]1O[C@H](CO)[C@@H](O)[C@H](O)[C@H]1O. The van der Waals surface area contributed by atoms with Crippen LogP contribution in [0.4, 0.5) is 0 Å². The second kappa shape index (κ2) is 23.1. The highest BCUT2D eigenvalue weighted by Gasteiger charge is 2.68. The van der Waals surface area contributed by atoms with E-state index in [-0.39, 0.29) is 47.2 Å². The predicted octanol–water partition coefficient (Wildman–Crippen LogP) is -3.95. The minimum atomic E-state index is -1.85. The molecule has 0 unspecified atom stereocenters. The van der Waals surface area contributed by atoms with Gasteiger partial charge in [0.1, 0.15) is 97.7 Å². The van der Waals surface area contributed by atoms with Gasteiger partial charge in [-0.2, -0.15) is 0 Å². The normalized spacial score (nSPS) is 55.4. The van der Waals surface area contributed by atoms with E-state index in [0.717, 1.165) is 38.5 Å². The van der Waals surface area contributed by atoms with Gasteiger partial charge in [-0.1, -0.05) is 27.7 Å². The zero-order valence-electron chi connectivity index (χ0n) is 43.2. The average Bonchev–Trinajstić information content (AvgIpc) is 3.83. The van der Waals surface area contributed by atoms with Crippen molar-refractivity contribution < 1.29 is 119 Å². The molecule has 0 spiro atoms. The minimum Gasteiger partial charge on any atom is -0.394 e. The van der Waals surface area contributed by atoms with Crippen molar-refractivity contribution in [1.82, 2.24) is 0 Å². The summed E-state index contributed by atoms with van der Waals surface area (Å²) in [6.07, 6.45) is -23.9. The molecule has 5 heterocycles. The highest BCUT2D eigenvalue weighted by atomic mass is 16.8. The van der Waals surface area contributed by atoms with Gasteiger partial charge in [0.15, 0.2) is 30.9 Å². The number of aliphatic hydroxyl groups excluding tert-OH is 14. The van der Waals surface area contributed by atoms with Crippen LogP contribution in [0.5, 0.6) is 0 Å². The highest BCUT2D eigenvalue weighted by Crippen LogP contribution is 2.71. The molecular weight excluding hydrogens is 997 g/mol. The van der Waals surface area contributed by atoms with Crippen LogP contribution in [0, 0.1) is 52.3 Å². The second-order valence-corrected chi connectivity index (χ2v) is 24.3. The van der Waals surface area contributed by atoms with Crippen molar-refractivity contribution in [2.24, 2.45) is 52.3 Å². The van der Waals surface area contributed by atoms with Crippen molar-refractivity contribution in [3.05, 3.63) is 0 Å². The summed E-state index contributed by atoms with van der Waals surface area (Å²) in [7, 11) is 0. The van der Waals surface area contributed by atoms with Gasteiger partial charge in [-0.25, -0.2) is 0 Å². The summed E-state index contributed by atoms with van der Waals surface area (Å²) in [6.45, 7) is 6.43. The molecule has 5 saturated heterocycles. The van der Waals surface area contributed by atoms with Gasteiger partial charge in [0, 0.05) is 12.3 Å². The third-order valence-electron chi connectivity index (χ3n) is 20.1. The highest BCUT2D eigenvalue weighted by molar-refractivity contribution is 5.15. The third kappa shape index (κ3) is 10.8. The van der Waals surface area contributed by atoms with E-state index in [2.05, 4.69) is 20.8 Å². The third-order valence-corrected chi connectivity index (χ3v) is 20.1. The van der Waals surface area contributed by atoms with Crippen molar-refractivity contribution >= 4 is 0 Å². The standard InChI is InChI=1S/C51H86O24/c1-20(18-67-45-41(63)37(59)33(55)28(15-52)70-45)7-12-51(66)21(2)32-27(75-51)14-26-24-6-5-22-13-23(8-10-49(22,3)25(24)9-11-50(26,32)4)69-48-44(74-47-43(65)39(61)35(57)30(17-54)72-47)40(62)36(58)31(73-48)19-68-46-42(64)38(60)34(56)29(16-53)71-46/h20-48,52-66H,5-19H2,1-4H3/t20-,21+,22-,23+,24-,25+,26+,27+,28-,29-,30-,31-,32+,33-,34-,35-,36-,37+,38+,39+,40+,41-,42-,43-,44-,45-,46-,47+,48-,49+,50+,51-/m1/s1. The predicted molar refractivity (Wildman–Crippen MR) is 252 cm³/mol. The van der Waals surface area contributed by atoms with Gasteiger partial charge < -0.3 is 119 Å². The van der Waals surface area contributed by atoms with Crippen LogP contribution in [0.25, 0.3) is 0 Å². The number of aliphatic hydroxyl groups is 15. The Kier molecular flexibility index (Phi) is 18.1. The van der Waals surface area contributed by atoms with Crippen LogP contribution < -0.4 is 0 Å². The maximum absolute atomic E-state index is 12.1. The lowest BCUT2D eigenvalue weighted by Crippen LogP contribution is -2.65. The Labute approximate surface area is 436 Å². The van der Waals surface area contributed by atoms with Crippen LogP contribution in [0.15, 0.2) is 0 Å². The largest absolute Gasteiger partial charge is 0.394 e. The lowest BCUT2D eigenvalue weighted by molar-refractivity contribution is -0.378. The van der Waals surface area contributed by atoms with Gasteiger partial charge in [0.05, 0.1) is 45.2 Å². The summed E-state index contributed by atoms with van der Waals surface area (Å²) in [4.78, 5) is 0. The van der Waals surface area contributed by atoms with E-state index >= 15 is 0 Å². The van der Waals surface area contributed by atoms with Crippen LogP contribution in [-0.4, -0.2) is 250 Å². The quantitative estimate of drug-likeness (QED) is 0.0656. The fourth-order valence-corrected chi connectivity index (χ4v) is 15.5. The molecule has 4 aliphatic carbocycles. The first-order chi connectivity index (χ1) is 35.5. The zero-order chi connectivity index (χ0) is 54.2. The lowest BCUT2D eigenvalue weighted by Gasteiger charge is -2.61. The smallest absolute Gasteiger partial charge is 0.187 e. The van der Waals surface area contributed by atoms with Crippen molar-refractivity contribution in [3.63, 3.8) is 0 Å². The number of ether oxygens (including phenoxy) is 9. The molecule has 4 saturated carbocycles. The number of rotatable bonds is 16. The number of hydrogen-bond donors (Lipinski definition) is 15. The van der Waals surface area contributed by atoms with Gasteiger partial charge in [-0.15, -0.1) is 0 Å². The molecule has 0 aromatic heterocycles. The molecule has 0 amide bonds. The zero-order valence-corrected chi connectivity index (χ0v) is 43.2. The van der Waals surface area contributed by atoms with E-state index in [1.807, 2.05) is 6.92 Å². The van der Waals surface area contributed by atoms with E-state index < -0.39 is 161 Å². The molecule has 24 heteroatoms. The number of hydrogen-bond acceptors (Lipinski definition) is 24. The molecule has 24 nitrogen and oxygen atoms in total. The van der Waals surface area contributed by atoms with Gasteiger partial charge in [-0.05, 0) is 104 Å². The molecule has 0 aromatic rings. The summed E-state index contributed by atoms with van der Waals surface area (Å²) in [5.41, 5.74) is -0.0974. The fourth-order valence-electron chi connectivity index (χ4n) is 15.5. The number of fused-ring (bicyclic) bond motifs is 7. The van der Waals surface area contributed by atoms with Gasteiger partial charge >= 0.3 is 0 Å². The molecule has 9 aliphatic rings. The van der Waals surface area contributed by atoms with Crippen molar-refractivity contribution in [2.75, 3.05) is 33.0 Å². The van der Waals surface area contributed by atoms with Crippen LogP contribution in [0.3, 0.4) is 0 Å². The lowest BCUT2D eigenvalue weighted by atomic mass is 9.44. The van der Waals surface area contributed by atoms with E-state index in [9.17, 15) is 76.6 Å². The minimum absolute atomic E-state index is 0.0417. The molecule has 434 valence electrons. The van der Waals surface area contributed by atoms with Crippen LogP contribution in [-0.2, 0) is 42.6 Å². The summed E-state index contributed by atoms with van der Waals surface area (Å²) in [5.74, 6) is 0.0761. The molecule has 75 heavy (non-hydrogen) atoms. The monoisotopic (exact) mass is 1080 g/mol. The molecule has 9 fully saturated rings. The molecule has 9 rings (SSSR count). The van der Waals surface area contributed by atoms with Gasteiger partial charge in [0.25, 0.3) is 0 Å². The Balaban J connectivity index is 0.830. The Morgan fingerprint density at radius 2 is 1.08 bits per heavy atom. The fraction of sp³-hybridized carbons (Fsp3) is 1.00. The molecule has 0 radical (unpaired) electrons. The van der Waals surface area contributed by atoms with Gasteiger partial charge in [0.2, 0.25) is 0 Å². The maximum Gasteiger partial charge on any atom is 0.187 e. The first-order valence-electron chi connectivity index (χ1n) is 27.4. The van der Waals surface area contributed by atoms with E-state index in [1.54, 1.807) is 0 Å². The summed E-state index contributed by atoms with van der Waals surface area (Å²) in [5, 5.41) is 158. The first-order valence-corrected chi connectivity index (χ1v) is 27.4. The van der Waals surface area contributed by atoms with E-state index in [1.165, 1.54) is 0 Å². The second-order valence-electron chi connectivity index (χ2n) is 24.3. The molecule has 5 aliphatic heterocycles. The van der Waals surface area contributed by atoms with Crippen molar-refractivity contribution in [1.29, 1.82) is 0 Å². The summed E-state index contributed by atoms with van der Waals surface area (Å²) in [6, 6.07) is 0. The van der Waals surface area contributed by atoms with Crippen LogP contribution in [0.1, 0.15) is 91.9 Å². The van der Waals surface area contributed by atoms with Crippen molar-refractivity contribution in [2.45, 2.75) is 233 Å². The maximum atomic E-state index is 12.1. The topological polar surface area (TPSA) is 387 Å². The molecular formula is C51H86O24. The van der Waals surface area contributed by atoms with Crippen molar-refractivity contribution in [3.8, 4) is 0 Å². The van der Waals surface area contributed by atoms with E-state index in [0.29, 0.717) is 43.4 Å². The van der Waals surface area contributed by atoms with Gasteiger partial charge in [-0.3, -0.25) is 0 Å². The molecule has 15 N–H and O–H groups in total. The van der Waals surface area contributed by atoms with Crippen LogP contribution >= 0.6 is 0 Å². The molecule has 32 atom stereocenters. The molecule has 0 aromatic carbocycles. The Morgan fingerprint density at radius 1 is 0.547 bits per heavy atom. The summed E-state index contributed by atoms with van der Waals surface area (Å²) < 4.78 is 53.8. The summed E-state index contributed by atoms with van der Waals surface area (Å²) >= 11 is 0. The Hall–Kier alpha value is -0.960. The Bertz CT molecular complexity index is 1870. The van der Waals surface area contributed by atoms with E-state index in [4.69, 9.17) is 42.6 Å². The Morgan fingerprint density at radius 3 is 1.68 bits per heavy atom.